The van der Waals surface area contributed by atoms with Crippen LogP contribution in [-0.4, -0.2) is 39.5 Å². The molecule has 0 spiro atoms. The molecule has 23 heavy (non-hydrogen) atoms. The Balaban J connectivity index is 1.59. The van der Waals surface area contributed by atoms with Crippen LogP contribution in [0.15, 0.2) is 30.5 Å². The van der Waals surface area contributed by atoms with E-state index >= 15 is 0 Å². The van der Waals surface area contributed by atoms with Crippen molar-refractivity contribution in [3.05, 3.63) is 53.4 Å². The summed E-state index contributed by atoms with van der Waals surface area (Å²) >= 11 is 0. The highest BCUT2D eigenvalue weighted by Gasteiger charge is 2.23. The van der Waals surface area contributed by atoms with Crippen molar-refractivity contribution in [1.82, 2.24) is 14.7 Å². The molecule has 0 unspecified atom stereocenters. The molecule has 3 rings (SSSR count). The van der Waals surface area contributed by atoms with Crippen molar-refractivity contribution in [2.24, 2.45) is 0 Å². The predicted octanol–water partition coefficient (Wildman–Crippen LogP) is 2.53. The normalized spacial score (nSPS) is 16.8. The van der Waals surface area contributed by atoms with Gasteiger partial charge in [0.05, 0.1) is 13.2 Å². The van der Waals surface area contributed by atoms with E-state index in [0.29, 0.717) is 24.6 Å². The molecular weight excluding hydrogens is 300 g/mol. The molecule has 1 aromatic carbocycles. The standard InChI is InChI=1S/C17H21F2N3O/c18-15-2-1-14(16(19)11-15)12-21-7-4-13(5-8-21)17-3-6-20-22(17)9-10-23/h1-3,6,11,13,23H,4-5,7-10,12H2. The lowest BCUT2D eigenvalue weighted by atomic mass is 9.93. The molecule has 1 fully saturated rings. The van der Waals surface area contributed by atoms with E-state index in [-0.39, 0.29) is 6.61 Å². The fourth-order valence-electron chi connectivity index (χ4n) is 3.25. The molecule has 0 amide bonds. The number of rotatable bonds is 5. The van der Waals surface area contributed by atoms with Gasteiger partial charge in [0, 0.05) is 36.0 Å². The van der Waals surface area contributed by atoms with E-state index in [9.17, 15) is 8.78 Å². The first-order valence-electron chi connectivity index (χ1n) is 7.96. The van der Waals surface area contributed by atoms with Gasteiger partial charge in [-0.05, 0) is 38.1 Å². The Labute approximate surface area is 134 Å². The molecule has 2 aromatic rings. The van der Waals surface area contributed by atoms with E-state index in [0.717, 1.165) is 37.7 Å². The summed E-state index contributed by atoms with van der Waals surface area (Å²) in [5.41, 5.74) is 1.70. The fourth-order valence-corrected chi connectivity index (χ4v) is 3.25. The maximum atomic E-state index is 13.7. The molecule has 124 valence electrons. The number of halogens is 2. The van der Waals surface area contributed by atoms with Gasteiger partial charge in [-0.2, -0.15) is 5.10 Å². The van der Waals surface area contributed by atoms with Gasteiger partial charge in [0.15, 0.2) is 0 Å². The topological polar surface area (TPSA) is 41.3 Å². The number of aromatic nitrogens is 2. The molecular formula is C17H21F2N3O. The van der Waals surface area contributed by atoms with Gasteiger partial charge in [-0.25, -0.2) is 8.78 Å². The highest BCUT2D eigenvalue weighted by Crippen LogP contribution is 2.28. The lowest BCUT2D eigenvalue weighted by Gasteiger charge is -2.32. The number of hydrogen-bond donors (Lipinski definition) is 1. The van der Waals surface area contributed by atoms with Gasteiger partial charge in [0.25, 0.3) is 0 Å². The monoisotopic (exact) mass is 321 g/mol. The Bertz CT molecular complexity index is 651. The smallest absolute Gasteiger partial charge is 0.130 e. The van der Waals surface area contributed by atoms with E-state index in [4.69, 9.17) is 5.11 Å². The van der Waals surface area contributed by atoms with Gasteiger partial charge in [-0.1, -0.05) is 6.07 Å². The summed E-state index contributed by atoms with van der Waals surface area (Å²) in [6.07, 6.45) is 3.71. The number of hydrogen-bond acceptors (Lipinski definition) is 3. The van der Waals surface area contributed by atoms with Crippen molar-refractivity contribution in [3.8, 4) is 0 Å². The number of likely N-dealkylation sites (tertiary alicyclic amines) is 1. The maximum absolute atomic E-state index is 13.7. The van der Waals surface area contributed by atoms with Crippen LogP contribution >= 0.6 is 0 Å². The van der Waals surface area contributed by atoms with Crippen molar-refractivity contribution in [2.45, 2.75) is 31.8 Å². The molecule has 1 aromatic heterocycles. The van der Waals surface area contributed by atoms with Crippen LogP contribution in [0, 0.1) is 11.6 Å². The predicted molar refractivity (Wildman–Crippen MR) is 82.9 cm³/mol. The molecule has 0 bridgehead atoms. The summed E-state index contributed by atoms with van der Waals surface area (Å²) in [4.78, 5) is 2.19. The Morgan fingerprint density at radius 2 is 1.96 bits per heavy atom. The van der Waals surface area contributed by atoms with Crippen molar-refractivity contribution in [2.75, 3.05) is 19.7 Å². The quantitative estimate of drug-likeness (QED) is 0.920. The lowest BCUT2D eigenvalue weighted by Crippen LogP contribution is -2.33. The molecule has 1 aliphatic heterocycles. The summed E-state index contributed by atoms with van der Waals surface area (Å²) in [6.45, 7) is 2.84. The summed E-state index contributed by atoms with van der Waals surface area (Å²) in [5, 5.41) is 13.3. The second kappa shape index (κ2) is 7.19. The van der Waals surface area contributed by atoms with Gasteiger partial charge in [0.2, 0.25) is 0 Å². The van der Waals surface area contributed by atoms with Gasteiger partial charge in [-0.3, -0.25) is 9.58 Å². The first-order valence-corrected chi connectivity index (χ1v) is 7.96. The molecule has 2 heterocycles. The minimum atomic E-state index is -0.540. The largest absolute Gasteiger partial charge is 0.394 e. The molecule has 1 saturated heterocycles. The average Bonchev–Trinajstić information content (AvgIpc) is 2.99. The Hall–Kier alpha value is -1.79. The molecule has 1 N–H and O–H groups in total. The number of benzene rings is 1. The molecule has 0 saturated carbocycles. The van der Waals surface area contributed by atoms with Crippen molar-refractivity contribution in [1.29, 1.82) is 0 Å². The Morgan fingerprint density at radius 3 is 2.65 bits per heavy atom. The number of aliphatic hydroxyl groups excluding tert-OH is 1. The SMILES string of the molecule is OCCn1nccc1C1CCN(Cc2ccc(F)cc2F)CC1. The van der Waals surface area contributed by atoms with Crippen LogP contribution in [0.25, 0.3) is 0 Å². The van der Waals surface area contributed by atoms with Crippen LogP contribution in [0.3, 0.4) is 0 Å². The molecule has 1 aliphatic rings. The molecule has 0 radical (unpaired) electrons. The summed E-state index contributed by atoms with van der Waals surface area (Å²) in [7, 11) is 0. The van der Waals surface area contributed by atoms with Crippen LogP contribution < -0.4 is 0 Å². The van der Waals surface area contributed by atoms with E-state index in [1.54, 1.807) is 6.20 Å². The molecule has 0 atom stereocenters. The first-order chi connectivity index (χ1) is 11.2. The number of aliphatic hydroxyl groups is 1. The minimum Gasteiger partial charge on any atom is -0.394 e. The summed E-state index contributed by atoms with van der Waals surface area (Å²) in [6, 6.07) is 5.77. The highest BCUT2D eigenvalue weighted by atomic mass is 19.1. The van der Waals surface area contributed by atoms with Crippen LogP contribution in [0.2, 0.25) is 0 Å². The maximum Gasteiger partial charge on any atom is 0.130 e. The second-order valence-electron chi connectivity index (χ2n) is 5.99. The fraction of sp³-hybridized carbons (Fsp3) is 0.471. The average molecular weight is 321 g/mol. The number of piperidine rings is 1. The van der Waals surface area contributed by atoms with Crippen LogP contribution in [0.1, 0.15) is 30.0 Å². The zero-order valence-electron chi connectivity index (χ0n) is 13.0. The lowest BCUT2D eigenvalue weighted by molar-refractivity contribution is 0.196. The zero-order valence-corrected chi connectivity index (χ0v) is 13.0. The van der Waals surface area contributed by atoms with Crippen LogP contribution in [-0.2, 0) is 13.1 Å². The van der Waals surface area contributed by atoms with E-state index in [1.165, 1.54) is 12.1 Å². The van der Waals surface area contributed by atoms with Crippen molar-refractivity contribution in [3.63, 3.8) is 0 Å². The van der Waals surface area contributed by atoms with Crippen LogP contribution in [0.4, 0.5) is 8.78 Å². The molecule has 0 aliphatic carbocycles. The van der Waals surface area contributed by atoms with Crippen molar-refractivity contribution < 1.29 is 13.9 Å². The highest BCUT2D eigenvalue weighted by molar-refractivity contribution is 5.18. The minimum absolute atomic E-state index is 0.0807. The summed E-state index contributed by atoms with van der Waals surface area (Å²) in [5.74, 6) is -0.603. The van der Waals surface area contributed by atoms with Crippen LogP contribution in [0.5, 0.6) is 0 Å². The van der Waals surface area contributed by atoms with Gasteiger partial charge < -0.3 is 5.11 Å². The Morgan fingerprint density at radius 1 is 1.17 bits per heavy atom. The van der Waals surface area contributed by atoms with Gasteiger partial charge >= 0.3 is 0 Å². The molecule has 6 heteroatoms. The summed E-state index contributed by atoms with van der Waals surface area (Å²) < 4.78 is 28.6. The van der Waals surface area contributed by atoms with E-state index in [1.807, 2.05) is 10.7 Å². The zero-order chi connectivity index (χ0) is 16.2. The Kier molecular flexibility index (Phi) is 5.03. The second-order valence-corrected chi connectivity index (χ2v) is 5.99. The number of nitrogens with zero attached hydrogens (tertiary/aromatic N) is 3. The van der Waals surface area contributed by atoms with Crippen molar-refractivity contribution >= 4 is 0 Å². The third-order valence-corrected chi connectivity index (χ3v) is 4.48. The van der Waals surface area contributed by atoms with Gasteiger partial charge in [-0.15, -0.1) is 0 Å². The van der Waals surface area contributed by atoms with E-state index in [2.05, 4.69) is 10.00 Å². The van der Waals surface area contributed by atoms with E-state index < -0.39 is 11.6 Å². The third-order valence-electron chi connectivity index (χ3n) is 4.48. The third kappa shape index (κ3) is 3.76. The van der Waals surface area contributed by atoms with Gasteiger partial charge in [0.1, 0.15) is 11.6 Å². The first kappa shape index (κ1) is 16.1. The molecule has 4 nitrogen and oxygen atoms in total.